The molecular formula is C11H11FN2O3S. The Bertz CT molecular complexity index is 679. The second-order valence-electron chi connectivity index (χ2n) is 3.80. The van der Waals surface area contributed by atoms with Gasteiger partial charge in [0.05, 0.1) is 6.20 Å². The first-order valence-corrected chi connectivity index (χ1v) is 6.48. The third-order valence-corrected chi connectivity index (χ3v) is 3.49. The molecule has 1 aromatic heterocycles. The third kappa shape index (κ3) is 2.51. The van der Waals surface area contributed by atoms with Gasteiger partial charge in [0.15, 0.2) is 0 Å². The third-order valence-electron chi connectivity index (χ3n) is 2.31. The van der Waals surface area contributed by atoms with E-state index in [2.05, 4.69) is 5.10 Å². The van der Waals surface area contributed by atoms with Gasteiger partial charge in [-0.15, -0.1) is 0 Å². The first-order chi connectivity index (χ1) is 8.38. The van der Waals surface area contributed by atoms with Crippen LogP contribution in [-0.4, -0.2) is 18.2 Å². The molecule has 7 heteroatoms. The molecule has 0 aliphatic carbocycles. The summed E-state index contributed by atoms with van der Waals surface area (Å²) in [6.45, 7) is 1.57. The van der Waals surface area contributed by atoms with Crippen LogP contribution in [0.1, 0.15) is 5.56 Å². The van der Waals surface area contributed by atoms with E-state index in [4.69, 9.17) is 4.18 Å². The highest BCUT2D eigenvalue weighted by molar-refractivity contribution is 7.87. The fourth-order valence-corrected chi connectivity index (χ4v) is 2.38. The Morgan fingerprint density at radius 2 is 2.11 bits per heavy atom. The zero-order valence-corrected chi connectivity index (χ0v) is 10.6. The standard InChI is InChI=1S/C11H11FN2O3S/c1-8-5-9(12)3-4-11(8)17-18(15,16)10-6-13-14(2)7-10/h3-7H,1-2H3. The second-order valence-corrected chi connectivity index (χ2v) is 5.34. The smallest absolute Gasteiger partial charge is 0.342 e. The van der Waals surface area contributed by atoms with Gasteiger partial charge in [0.25, 0.3) is 0 Å². The summed E-state index contributed by atoms with van der Waals surface area (Å²) in [5, 5.41) is 3.76. The number of aromatic nitrogens is 2. The number of benzene rings is 1. The Kier molecular flexibility index (Phi) is 3.08. The molecule has 1 heterocycles. The number of halogens is 1. The lowest BCUT2D eigenvalue weighted by Gasteiger charge is -2.07. The first-order valence-electron chi connectivity index (χ1n) is 5.08. The largest absolute Gasteiger partial charge is 0.379 e. The van der Waals surface area contributed by atoms with E-state index in [-0.39, 0.29) is 10.6 Å². The molecule has 1 aromatic carbocycles. The minimum atomic E-state index is -3.93. The highest BCUT2D eigenvalue weighted by Gasteiger charge is 2.19. The van der Waals surface area contributed by atoms with E-state index in [9.17, 15) is 12.8 Å². The molecule has 0 saturated heterocycles. The Balaban J connectivity index is 2.33. The molecule has 0 radical (unpaired) electrons. The van der Waals surface area contributed by atoms with Gasteiger partial charge in [-0.25, -0.2) is 4.39 Å². The summed E-state index contributed by atoms with van der Waals surface area (Å²) < 4.78 is 42.9. The van der Waals surface area contributed by atoms with Gasteiger partial charge >= 0.3 is 10.1 Å². The molecule has 0 aliphatic rings. The molecule has 5 nitrogen and oxygen atoms in total. The van der Waals surface area contributed by atoms with Crippen molar-refractivity contribution in [2.24, 2.45) is 7.05 Å². The molecule has 0 N–H and O–H groups in total. The average molecular weight is 270 g/mol. The summed E-state index contributed by atoms with van der Waals surface area (Å²) in [4.78, 5) is -0.0475. The summed E-state index contributed by atoms with van der Waals surface area (Å²) in [5.74, 6) is -0.348. The van der Waals surface area contributed by atoms with E-state index in [1.165, 1.54) is 29.2 Å². The van der Waals surface area contributed by atoms with E-state index < -0.39 is 15.9 Å². The van der Waals surface area contributed by atoms with Gasteiger partial charge in [0, 0.05) is 13.2 Å². The zero-order valence-electron chi connectivity index (χ0n) is 9.79. The van der Waals surface area contributed by atoms with Gasteiger partial charge in [-0.1, -0.05) is 0 Å². The molecular weight excluding hydrogens is 259 g/mol. The fraction of sp³-hybridized carbons (Fsp3) is 0.182. The van der Waals surface area contributed by atoms with E-state index in [0.717, 1.165) is 6.07 Å². The molecule has 0 fully saturated rings. The highest BCUT2D eigenvalue weighted by atomic mass is 32.2. The first kappa shape index (κ1) is 12.6. The van der Waals surface area contributed by atoms with Gasteiger partial charge in [0.1, 0.15) is 16.5 Å². The van der Waals surface area contributed by atoms with Crippen LogP contribution in [0.5, 0.6) is 5.75 Å². The van der Waals surface area contributed by atoms with Crippen molar-refractivity contribution in [2.75, 3.05) is 0 Å². The van der Waals surface area contributed by atoms with Crippen LogP contribution in [0.2, 0.25) is 0 Å². The van der Waals surface area contributed by atoms with E-state index in [0.29, 0.717) is 5.56 Å². The Labute approximate surface area is 104 Å². The molecule has 0 aliphatic heterocycles. The predicted molar refractivity (Wildman–Crippen MR) is 62.2 cm³/mol. The summed E-state index contributed by atoms with van der Waals surface area (Å²) >= 11 is 0. The van der Waals surface area contributed by atoms with Crippen LogP contribution in [0, 0.1) is 12.7 Å². The van der Waals surface area contributed by atoms with Crippen molar-refractivity contribution in [2.45, 2.75) is 11.8 Å². The van der Waals surface area contributed by atoms with Crippen molar-refractivity contribution in [1.29, 1.82) is 0 Å². The van der Waals surface area contributed by atoms with Gasteiger partial charge in [0.2, 0.25) is 0 Å². The van der Waals surface area contributed by atoms with Crippen LogP contribution in [0.25, 0.3) is 0 Å². The van der Waals surface area contributed by atoms with Crippen LogP contribution in [0.3, 0.4) is 0 Å². The summed E-state index contributed by atoms with van der Waals surface area (Å²) in [7, 11) is -2.33. The normalized spacial score (nSPS) is 11.5. The predicted octanol–water partition coefficient (Wildman–Crippen LogP) is 1.64. The maximum atomic E-state index is 12.9. The van der Waals surface area contributed by atoms with Crippen molar-refractivity contribution in [3.63, 3.8) is 0 Å². The molecule has 0 saturated carbocycles. The lowest BCUT2D eigenvalue weighted by Crippen LogP contribution is -2.09. The van der Waals surface area contributed by atoms with Crippen LogP contribution < -0.4 is 4.18 Å². The van der Waals surface area contributed by atoms with Gasteiger partial charge in [-0.05, 0) is 30.7 Å². The molecule has 0 amide bonds. The Hall–Kier alpha value is -1.89. The minimum Gasteiger partial charge on any atom is -0.379 e. The van der Waals surface area contributed by atoms with Crippen molar-refractivity contribution in [1.82, 2.24) is 9.78 Å². The quantitative estimate of drug-likeness (QED) is 0.795. The van der Waals surface area contributed by atoms with E-state index in [1.54, 1.807) is 14.0 Å². The van der Waals surface area contributed by atoms with Crippen LogP contribution >= 0.6 is 0 Å². The number of hydrogen-bond acceptors (Lipinski definition) is 4. The summed E-state index contributed by atoms with van der Waals surface area (Å²) in [6, 6.07) is 3.62. The monoisotopic (exact) mass is 270 g/mol. The summed E-state index contributed by atoms with van der Waals surface area (Å²) in [5.41, 5.74) is 0.405. The Morgan fingerprint density at radius 1 is 1.39 bits per heavy atom. The number of nitrogens with zero attached hydrogens (tertiary/aromatic N) is 2. The lowest BCUT2D eigenvalue weighted by atomic mass is 10.2. The van der Waals surface area contributed by atoms with Crippen LogP contribution in [0.4, 0.5) is 4.39 Å². The maximum Gasteiger partial charge on any atom is 0.342 e. The topological polar surface area (TPSA) is 61.2 Å². The van der Waals surface area contributed by atoms with Crippen molar-refractivity contribution >= 4 is 10.1 Å². The fourth-order valence-electron chi connectivity index (χ4n) is 1.40. The maximum absolute atomic E-state index is 12.9. The number of hydrogen-bond donors (Lipinski definition) is 0. The van der Waals surface area contributed by atoms with E-state index >= 15 is 0 Å². The van der Waals surface area contributed by atoms with Gasteiger partial charge in [-0.2, -0.15) is 13.5 Å². The molecule has 2 rings (SSSR count). The second kappa shape index (κ2) is 4.41. The Morgan fingerprint density at radius 3 is 2.67 bits per heavy atom. The highest BCUT2D eigenvalue weighted by Crippen LogP contribution is 2.22. The van der Waals surface area contributed by atoms with Crippen molar-refractivity contribution in [3.05, 3.63) is 42.0 Å². The van der Waals surface area contributed by atoms with Gasteiger partial charge in [-0.3, -0.25) is 4.68 Å². The summed E-state index contributed by atoms with van der Waals surface area (Å²) in [6.07, 6.45) is 2.52. The molecule has 0 atom stereocenters. The van der Waals surface area contributed by atoms with Gasteiger partial charge < -0.3 is 4.18 Å². The molecule has 2 aromatic rings. The lowest BCUT2D eigenvalue weighted by molar-refractivity contribution is 0.482. The molecule has 18 heavy (non-hydrogen) atoms. The van der Waals surface area contributed by atoms with Crippen LogP contribution in [0.15, 0.2) is 35.5 Å². The zero-order chi connectivity index (χ0) is 13.3. The number of rotatable bonds is 3. The molecule has 96 valence electrons. The molecule has 0 bridgehead atoms. The van der Waals surface area contributed by atoms with E-state index in [1.807, 2.05) is 0 Å². The van der Waals surface area contributed by atoms with Crippen molar-refractivity contribution < 1.29 is 17.0 Å². The molecule has 0 spiro atoms. The number of aryl methyl sites for hydroxylation is 2. The van der Waals surface area contributed by atoms with Crippen molar-refractivity contribution in [3.8, 4) is 5.75 Å². The van der Waals surface area contributed by atoms with Crippen LogP contribution in [-0.2, 0) is 17.2 Å². The average Bonchev–Trinajstić information content (AvgIpc) is 2.70. The molecule has 0 unspecified atom stereocenters. The SMILES string of the molecule is Cc1cc(F)ccc1OS(=O)(=O)c1cnn(C)c1. The minimum absolute atomic E-state index is 0.0475.